The molecule has 0 saturated carbocycles. The van der Waals surface area contributed by atoms with Gasteiger partial charge in [-0.1, -0.05) is 0 Å². The zero-order chi connectivity index (χ0) is 10.5. The Morgan fingerprint density at radius 3 is 1.62 bits per heavy atom. The van der Waals surface area contributed by atoms with Gasteiger partial charge in [-0.2, -0.15) is 0 Å². The molecule has 0 aliphatic rings. The van der Waals surface area contributed by atoms with Gasteiger partial charge in [-0.15, -0.1) is 22.7 Å². The molecule has 0 nitrogen and oxygen atoms in total. The first kappa shape index (κ1) is 8.74. The summed E-state index contributed by atoms with van der Waals surface area (Å²) in [6.45, 7) is 0. The summed E-state index contributed by atoms with van der Waals surface area (Å²) >= 11 is 3.63. The lowest BCUT2D eigenvalue weighted by atomic mass is 10.1. The Labute approximate surface area is 101 Å². The summed E-state index contributed by atoms with van der Waals surface area (Å²) in [5, 5.41) is 9.72. The van der Waals surface area contributed by atoms with Crippen LogP contribution in [0.15, 0.2) is 47.2 Å². The Morgan fingerprint density at radius 2 is 1.06 bits per heavy atom. The fourth-order valence-corrected chi connectivity index (χ4v) is 3.81. The highest BCUT2D eigenvalue weighted by Gasteiger charge is 2.02. The van der Waals surface area contributed by atoms with Gasteiger partial charge in [0.25, 0.3) is 0 Å². The summed E-state index contributed by atoms with van der Waals surface area (Å²) in [6, 6.07) is 13.6. The Morgan fingerprint density at radius 1 is 0.562 bits per heavy atom. The van der Waals surface area contributed by atoms with Crippen LogP contribution < -0.4 is 0 Å². The Hall–Kier alpha value is -1.38. The molecule has 2 aromatic carbocycles. The van der Waals surface area contributed by atoms with Gasteiger partial charge in [-0.3, -0.25) is 0 Å². The molecule has 16 heavy (non-hydrogen) atoms. The lowest BCUT2D eigenvalue weighted by molar-refractivity contribution is 1.94. The van der Waals surface area contributed by atoms with Crippen molar-refractivity contribution in [1.29, 1.82) is 0 Å². The van der Waals surface area contributed by atoms with Gasteiger partial charge in [-0.25, -0.2) is 0 Å². The molecule has 2 aromatic heterocycles. The van der Waals surface area contributed by atoms with E-state index >= 15 is 0 Å². The summed E-state index contributed by atoms with van der Waals surface area (Å²) < 4.78 is 2.76. The van der Waals surface area contributed by atoms with Gasteiger partial charge in [0.15, 0.2) is 0 Å². The van der Waals surface area contributed by atoms with Gasteiger partial charge in [-0.05, 0) is 68.7 Å². The van der Waals surface area contributed by atoms with E-state index in [0.717, 1.165) is 0 Å². The lowest BCUT2D eigenvalue weighted by Crippen LogP contribution is -1.72. The molecule has 0 N–H and O–H groups in total. The molecule has 4 rings (SSSR count). The minimum absolute atomic E-state index is 1.34. The molecule has 76 valence electrons. The second-order valence-corrected chi connectivity index (χ2v) is 5.86. The Balaban J connectivity index is 2.26. The number of rotatable bonds is 0. The van der Waals surface area contributed by atoms with E-state index < -0.39 is 0 Å². The molecule has 0 unspecified atom stereocenters. The molecule has 0 fully saturated rings. The minimum atomic E-state index is 1.34. The predicted octanol–water partition coefficient (Wildman–Crippen LogP) is 5.27. The first-order chi connectivity index (χ1) is 7.90. The average molecular weight is 240 g/mol. The summed E-state index contributed by atoms with van der Waals surface area (Å²) in [5.74, 6) is 0. The maximum atomic E-state index is 2.30. The van der Waals surface area contributed by atoms with E-state index in [2.05, 4.69) is 47.2 Å². The van der Waals surface area contributed by atoms with Gasteiger partial charge < -0.3 is 0 Å². The SMILES string of the molecule is c1cc2cc3cc4ccsc4cc3cc2s1. The van der Waals surface area contributed by atoms with E-state index in [0.29, 0.717) is 0 Å². The van der Waals surface area contributed by atoms with Crippen LogP contribution in [0.1, 0.15) is 0 Å². The van der Waals surface area contributed by atoms with Gasteiger partial charge in [0, 0.05) is 9.40 Å². The fraction of sp³-hybridized carbons (Fsp3) is 0. The van der Waals surface area contributed by atoms with Crippen LogP contribution in [0.5, 0.6) is 0 Å². The van der Waals surface area contributed by atoms with Crippen LogP contribution in [0.3, 0.4) is 0 Å². The van der Waals surface area contributed by atoms with Crippen molar-refractivity contribution >= 4 is 53.6 Å². The minimum Gasteiger partial charge on any atom is -0.144 e. The average Bonchev–Trinajstić information content (AvgIpc) is 2.89. The van der Waals surface area contributed by atoms with Crippen LogP contribution in [0.2, 0.25) is 0 Å². The normalized spacial score (nSPS) is 11.8. The smallest absolute Gasteiger partial charge is 0.0349 e. The van der Waals surface area contributed by atoms with E-state index in [9.17, 15) is 0 Å². The second kappa shape index (κ2) is 3.06. The highest BCUT2D eigenvalue weighted by atomic mass is 32.1. The molecular formula is C14H8S2. The van der Waals surface area contributed by atoms with Crippen LogP contribution in [-0.2, 0) is 0 Å². The summed E-state index contributed by atoms with van der Waals surface area (Å²) in [7, 11) is 0. The van der Waals surface area contributed by atoms with Gasteiger partial charge in [0.2, 0.25) is 0 Å². The maximum Gasteiger partial charge on any atom is 0.0349 e. The molecular weight excluding hydrogens is 232 g/mol. The number of fused-ring (bicyclic) bond motifs is 3. The van der Waals surface area contributed by atoms with E-state index in [1.54, 1.807) is 0 Å². The molecule has 4 aromatic rings. The predicted molar refractivity (Wildman–Crippen MR) is 74.7 cm³/mol. The maximum absolute atomic E-state index is 2.30. The topological polar surface area (TPSA) is 0 Å². The molecule has 2 heteroatoms. The third-order valence-corrected chi connectivity index (χ3v) is 4.74. The van der Waals surface area contributed by atoms with Crippen LogP contribution in [0.4, 0.5) is 0 Å². The van der Waals surface area contributed by atoms with Crippen molar-refractivity contribution in [3.05, 3.63) is 47.2 Å². The molecule has 0 amide bonds. The quantitative estimate of drug-likeness (QED) is 0.393. The molecule has 0 aliphatic heterocycles. The van der Waals surface area contributed by atoms with Gasteiger partial charge in [0.05, 0.1) is 0 Å². The third kappa shape index (κ3) is 1.14. The fourth-order valence-electron chi connectivity index (χ4n) is 2.17. The Bertz CT molecular complexity index is 675. The van der Waals surface area contributed by atoms with Crippen molar-refractivity contribution in [2.24, 2.45) is 0 Å². The number of benzene rings is 2. The van der Waals surface area contributed by atoms with Crippen molar-refractivity contribution in [3.63, 3.8) is 0 Å². The first-order valence-electron chi connectivity index (χ1n) is 5.18. The van der Waals surface area contributed by atoms with Crippen molar-refractivity contribution < 1.29 is 0 Å². The number of hydrogen-bond acceptors (Lipinski definition) is 2. The van der Waals surface area contributed by atoms with E-state index in [4.69, 9.17) is 0 Å². The van der Waals surface area contributed by atoms with Crippen LogP contribution >= 0.6 is 22.7 Å². The van der Waals surface area contributed by atoms with Crippen molar-refractivity contribution in [2.75, 3.05) is 0 Å². The largest absolute Gasteiger partial charge is 0.144 e. The first-order valence-corrected chi connectivity index (χ1v) is 6.94. The molecule has 0 saturated heterocycles. The van der Waals surface area contributed by atoms with Crippen LogP contribution in [0.25, 0.3) is 30.9 Å². The van der Waals surface area contributed by atoms with E-state index in [1.165, 1.54) is 30.9 Å². The van der Waals surface area contributed by atoms with Crippen LogP contribution in [0, 0.1) is 0 Å². The lowest BCUT2D eigenvalue weighted by Gasteiger charge is -1.99. The summed E-state index contributed by atoms with van der Waals surface area (Å²) in [5.41, 5.74) is 0. The third-order valence-electron chi connectivity index (χ3n) is 2.98. The molecule has 0 spiro atoms. The zero-order valence-electron chi connectivity index (χ0n) is 8.44. The molecule has 0 aliphatic carbocycles. The number of hydrogen-bond donors (Lipinski definition) is 0. The van der Waals surface area contributed by atoms with E-state index in [1.807, 2.05) is 22.7 Å². The van der Waals surface area contributed by atoms with Crippen LogP contribution in [-0.4, -0.2) is 0 Å². The zero-order valence-corrected chi connectivity index (χ0v) is 10.1. The summed E-state index contributed by atoms with van der Waals surface area (Å²) in [6.07, 6.45) is 0. The second-order valence-electron chi connectivity index (χ2n) is 3.97. The van der Waals surface area contributed by atoms with Gasteiger partial charge in [0.1, 0.15) is 0 Å². The summed E-state index contributed by atoms with van der Waals surface area (Å²) in [4.78, 5) is 0. The monoisotopic (exact) mass is 240 g/mol. The van der Waals surface area contributed by atoms with Crippen molar-refractivity contribution in [2.45, 2.75) is 0 Å². The standard InChI is InChI=1S/C14H8S2/c1-3-15-13-7-12-8-14-10(2-4-16-14)6-11(12)5-9(1)13/h1-8H. The number of thiophene rings is 2. The Kier molecular flexibility index (Phi) is 1.67. The van der Waals surface area contributed by atoms with Crippen molar-refractivity contribution in [3.8, 4) is 0 Å². The molecule has 0 atom stereocenters. The van der Waals surface area contributed by atoms with E-state index in [-0.39, 0.29) is 0 Å². The van der Waals surface area contributed by atoms with Gasteiger partial charge >= 0.3 is 0 Å². The highest BCUT2D eigenvalue weighted by molar-refractivity contribution is 7.17. The highest BCUT2D eigenvalue weighted by Crippen LogP contribution is 2.31. The molecule has 0 bridgehead atoms. The van der Waals surface area contributed by atoms with Crippen molar-refractivity contribution in [1.82, 2.24) is 0 Å². The molecule has 2 heterocycles. The molecule has 0 radical (unpaired) electrons.